The predicted octanol–water partition coefficient (Wildman–Crippen LogP) is 6.28. The van der Waals surface area contributed by atoms with Crippen molar-refractivity contribution in [3.8, 4) is 5.75 Å². The number of benzene rings is 1. The third-order valence-electron chi connectivity index (χ3n) is 2.29. The fourth-order valence-electron chi connectivity index (χ4n) is 1.37. The molecule has 0 radical (unpaired) electrons. The van der Waals surface area contributed by atoms with E-state index < -0.39 is 0 Å². The molecule has 0 unspecified atom stereocenters. The highest BCUT2D eigenvalue weighted by Gasteiger charge is 2.16. The molecule has 0 N–H and O–H groups in total. The Morgan fingerprint density at radius 1 is 1.00 bits per heavy atom. The lowest BCUT2D eigenvalue weighted by Gasteiger charge is -2.08. The highest BCUT2D eigenvalue weighted by Crippen LogP contribution is 2.35. The van der Waals surface area contributed by atoms with Crippen LogP contribution in [0.4, 0.5) is 0 Å². The molecule has 0 saturated heterocycles. The third-order valence-corrected chi connectivity index (χ3v) is 4.80. The minimum atomic E-state index is -0.305. The number of rotatable bonds is 4. The van der Waals surface area contributed by atoms with Crippen molar-refractivity contribution >= 4 is 75.1 Å². The summed E-state index contributed by atoms with van der Waals surface area (Å²) in [5.41, 5.74) is 0.317. The van der Waals surface area contributed by atoms with E-state index in [2.05, 4.69) is 0 Å². The number of halogens is 5. The van der Waals surface area contributed by atoms with Crippen molar-refractivity contribution in [3.63, 3.8) is 0 Å². The summed E-state index contributed by atoms with van der Waals surface area (Å²) < 4.78 is 6.09. The number of carbonyl (C=O) groups is 1. The van der Waals surface area contributed by atoms with Crippen LogP contribution in [0.2, 0.25) is 23.7 Å². The molecule has 20 heavy (non-hydrogen) atoms. The second-order valence-electron chi connectivity index (χ2n) is 3.65. The smallest absolute Gasteiger partial charge is 0.202 e. The summed E-state index contributed by atoms with van der Waals surface area (Å²) in [6, 6.07) is 4.39. The zero-order valence-electron chi connectivity index (χ0n) is 9.55. The largest absolute Gasteiger partial charge is 0.484 e. The SMILES string of the molecule is O=C(COc1cc(Cl)c(Cl)cc1Cl)c1cc(Cl)sc1Cl. The van der Waals surface area contributed by atoms with Gasteiger partial charge in [0.2, 0.25) is 5.78 Å². The number of Topliss-reactive ketones (excluding diaryl/α,β-unsaturated/α-hetero) is 1. The van der Waals surface area contributed by atoms with Gasteiger partial charge in [-0.3, -0.25) is 4.79 Å². The molecule has 0 aliphatic carbocycles. The molecule has 2 rings (SSSR count). The molecule has 0 fully saturated rings. The van der Waals surface area contributed by atoms with Crippen LogP contribution in [0.5, 0.6) is 5.75 Å². The number of hydrogen-bond donors (Lipinski definition) is 0. The highest BCUT2D eigenvalue weighted by atomic mass is 35.5. The van der Waals surface area contributed by atoms with Crippen molar-refractivity contribution in [1.82, 2.24) is 0 Å². The van der Waals surface area contributed by atoms with Gasteiger partial charge in [-0.25, -0.2) is 0 Å². The Morgan fingerprint density at radius 3 is 2.25 bits per heavy atom. The van der Waals surface area contributed by atoms with Crippen LogP contribution in [0.15, 0.2) is 18.2 Å². The Hall–Kier alpha value is -0.160. The zero-order chi connectivity index (χ0) is 14.9. The molecule has 1 aromatic heterocycles. The average molecular weight is 391 g/mol. The summed E-state index contributed by atoms with van der Waals surface area (Å²) in [5.74, 6) is -0.0350. The lowest BCUT2D eigenvalue weighted by Crippen LogP contribution is -2.11. The van der Waals surface area contributed by atoms with E-state index >= 15 is 0 Å². The molecule has 1 aromatic carbocycles. The first-order valence-corrected chi connectivity index (χ1v) is 7.84. The van der Waals surface area contributed by atoms with Gasteiger partial charge in [-0.2, -0.15) is 0 Å². The van der Waals surface area contributed by atoms with Gasteiger partial charge >= 0.3 is 0 Å². The molecule has 8 heteroatoms. The molecule has 0 aliphatic heterocycles. The normalized spacial score (nSPS) is 10.7. The Morgan fingerprint density at radius 2 is 1.65 bits per heavy atom. The predicted molar refractivity (Wildman–Crippen MR) is 85.6 cm³/mol. The number of ether oxygens (including phenoxy) is 1. The highest BCUT2D eigenvalue weighted by molar-refractivity contribution is 7.20. The summed E-state index contributed by atoms with van der Waals surface area (Å²) in [4.78, 5) is 12.0. The second kappa shape index (κ2) is 6.73. The van der Waals surface area contributed by atoms with Gasteiger partial charge in [0, 0.05) is 6.07 Å². The fourth-order valence-corrected chi connectivity index (χ4v) is 3.46. The van der Waals surface area contributed by atoms with E-state index in [1.165, 1.54) is 18.2 Å². The maximum atomic E-state index is 12.0. The lowest BCUT2D eigenvalue weighted by molar-refractivity contribution is 0.0922. The third kappa shape index (κ3) is 3.73. The molecule has 0 amide bonds. The van der Waals surface area contributed by atoms with Crippen molar-refractivity contribution < 1.29 is 9.53 Å². The van der Waals surface area contributed by atoms with E-state index in [1.807, 2.05) is 0 Å². The van der Waals surface area contributed by atoms with Crippen LogP contribution in [0.3, 0.4) is 0 Å². The van der Waals surface area contributed by atoms with E-state index in [-0.39, 0.29) is 28.2 Å². The van der Waals surface area contributed by atoms with Crippen LogP contribution in [-0.2, 0) is 0 Å². The minimum Gasteiger partial charge on any atom is -0.484 e. The van der Waals surface area contributed by atoms with Gasteiger partial charge in [0.15, 0.2) is 6.61 Å². The molecule has 1 heterocycles. The van der Waals surface area contributed by atoms with Crippen molar-refractivity contribution in [1.29, 1.82) is 0 Å². The zero-order valence-corrected chi connectivity index (χ0v) is 14.1. The topological polar surface area (TPSA) is 26.3 Å². The van der Waals surface area contributed by atoms with Crippen molar-refractivity contribution in [3.05, 3.63) is 47.5 Å². The maximum absolute atomic E-state index is 12.0. The molecule has 2 aromatic rings. The molecular weight excluding hydrogens is 385 g/mol. The van der Waals surface area contributed by atoms with E-state index in [1.54, 1.807) is 0 Å². The van der Waals surface area contributed by atoms with Crippen LogP contribution in [-0.4, -0.2) is 12.4 Å². The molecule has 0 aliphatic rings. The molecule has 2 nitrogen and oxygen atoms in total. The van der Waals surface area contributed by atoms with Crippen LogP contribution < -0.4 is 4.74 Å². The maximum Gasteiger partial charge on any atom is 0.202 e. The summed E-state index contributed by atoms with van der Waals surface area (Å²) in [5, 5.41) is 0.861. The molecule has 106 valence electrons. The molecule has 0 spiro atoms. The summed E-state index contributed by atoms with van der Waals surface area (Å²) >= 11 is 30.4. The van der Waals surface area contributed by atoms with Gasteiger partial charge in [0.05, 0.1) is 25.0 Å². The quantitative estimate of drug-likeness (QED) is 0.454. The Bertz CT molecular complexity index is 668. The first kappa shape index (κ1) is 16.2. The van der Waals surface area contributed by atoms with Crippen molar-refractivity contribution in [2.24, 2.45) is 0 Å². The summed E-state index contributed by atoms with van der Waals surface area (Å²) in [7, 11) is 0. The van der Waals surface area contributed by atoms with Gasteiger partial charge < -0.3 is 4.74 Å². The number of ketones is 1. The minimum absolute atomic E-state index is 0.232. The Kier molecular flexibility index (Phi) is 5.46. The fraction of sp³-hybridized carbons (Fsp3) is 0.0833. The first-order valence-electron chi connectivity index (χ1n) is 5.14. The Labute approximate surface area is 144 Å². The van der Waals surface area contributed by atoms with Gasteiger partial charge in [-0.1, -0.05) is 58.0 Å². The van der Waals surface area contributed by atoms with Gasteiger partial charge in [0.25, 0.3) is 0 Å². The van der Waals surface area contributed by atoms with E-state index in [0.29, 0.717) is 19.3 Å². The van der Waals surface area contributed by atoms with Crippen LogP contribution in [0.1, 0.15) is 10.4 Å². The van der Waals surface area contributed by atoms with E-state index in [9.17, 15) is 4.79 Å². The average Bonchev–Trinajstić information content (AvgIpc) is 2.71. The van der Waals surface area contributed by atoms with Crippen LogP contribution >= 0.6 is 69.3 Å². The number of carbonyl (C=O) groups excluding carboxylic acids is 1. The molecular formula is C12H5Cl5O2S. The lowest BCUT2D eigenvalue weighted by atomic mass is 10.2. The number of hydrogen-bond acceptors (Lipinski definition) is 3. The van der Waals surface area contributed by atoms with Gasteiger partial charge in [-0.05, 0) is 12.1 Å². The van der Waals surface area contributed by atoms with E-state index in [0.717, 1.165) is 11.3 Å². The summed E-state index contributed by atoms with van der Waals surface area (Å²) in [6.07, 6.45) is 0. The summed E-state index contributed by atoms with van der Waals surface area (Å²) in [6.45, 7) is -0.232. The van der Waals surface area contributed by atoms with Gasteiger partial charge in [0.1, 0.15) is 10.1 Å². The first-order chi connectivity index (χ1) is 9.38. The standard InChI is InChI=1S/C12H5Cl5O2S/c13-6-2-8(15)10(3-7(6)14)19-4-9(18)5-1-11(16)20-12(5)17/h1-3H,4H2. The second-order valence-corrected chi connectivity index (χ2v) is 7.15. The molecule has 0 bridgehead atoms. The molecule has 0 atom stereocenters. The Balaban J connectivity index is 2.11. The van der Waals surface area contributed by atoms with Crippen LogP contribution in [0.25, 0.3) is 0 Å². The van der Waals surface area contributed by atoms with E-state index in [4.69, 9.17) is 62.7 Å². The number of thiophene rings is 1. The van der Waals surface area contributed by atoms with Crippen LogP contribution in [0, 0.1) is 0 Å². The van der Waals surface area contributed by atoms with Gasteiger partial charge in [-0.15, -0.1) is 11.3 Å². The molecule has 0 saturated carbocycles. The van der Waals surface area contributed by atoms with Crippen molar-refractivity contribution in [2.45, 2.75) is 0 Å². The van der Waals surface area contributed by atoms with Crippen molar-refractivity contribution in [2.75, 3.05) is 6.61 Å². The monoisotopic (exact) mass is 388 g/mol.